The summed E-state index contributed by atoms with van der Waals surface area (Å²) in [5, 5.41) is 18.8. The summed E-state index contributed by atoms with van der Waals surface area (Å²) in [6.45, 7) is 0. The van der Waals surface area contributed by atoms with Crippen LogP contribution in [0.1, 0.15) is 5.56 Å². The zero-order chi connectivity index (χ0) is 11.3. The van der Waals surface area contributed by atoms with E-state index in [1.165, 1.54) is 19.3 Å². The number of allylic oxidation sites excluding steroid dienone is 1. The molecule has 0 spiro atoms. The molecule has 0 radical (unpaired) electrons. The largest absolute Gasteiger partial charge is 0.497 e. The Labute approximate surface area is 86.4 Å². The van der Waals surface area contributed by atoms with Gasteiger partial charge in [0.25, 0.3) is 0 Å². The molecule has 5 heteroatoms. The molecule has 0 aromatic heterocycles. The second-order valence-corrected chi connectivity index (χ2v) is 2.67. The first-order chi connectivity index (χ1) is 7.17. The van der Waals surface area contributed by atoms with Crippen LogP contribution in [0.15, 0.2) is 30.0 Å². The van der Waals surface area contributed by atoms with Crippen molar-refractivity contribution in [3.05, 3.63) is 45.6 Å². The molecule has 0 aliphatic carbocycles. The van der Waals surface area contributed by atoms with Crippen LogP contribution in [-0.4, -0.2) is 12.0 Å². The van der Waals surface area contributed by atoms with Crippen molar-refractivity contribution in [1.29, 1.82) is 5.26 Å². The number of hydrogen-bond acceptors (Lipinski definition) is 4. The maximum absolute atomic E-state index is 10.3. The lowest BCUT2D eigenvalue weighted by atomic mass is 10.2. The number of nitrogens with zero attached hydrogens (tertiary/aromatic N) is 2. The van der Waals surface area contributed by atoms with Gasteiger partial charge >= 0.3 is 5.70 Å². The maximum atomic E-state index is 10.3. The Bertz CT molecular complexity index is 429. The molecular weight excluding hydrogens is 196 g/mol. The van der Waals surface area contributed by atoms with Crippen LogP contribution < -0.4 is 4.74 Å². The van der Waals surface area contributed by atoms with Crippen LogP contribution in [0.4, 0.5) is 0 Å². The zero-order valence-electron chi connectivity index (χ0n) is 8.01. The van der Waals surface area contributed by atoms with Crippen LogP contribution in [0.5, 0.6) is 5.75 Å². The summed E-state index contributed by atoms with van der Waals surface area (Å²) in [7, 11) is 1.53. The first-order valence-corrected chi connectivity index (χ1v) is 4.07. The quantitative estimate of drug-likeness (QED) is 0.427. The fourth-order valence-corrected chi connectivity index (χ4v) is 0.984. The molecule has 0 aliphatic heterocycles. The Hall–Kier alpha value is -2.35. The molecule has 0 unspecified atom stereocenters. The Morgan fingerprint density at radius 2 is 2.13 bits per heavy atom. The molecule has 76 valence electrons. The second-order valence-electron chi connectivity index (χ2n) is 2.67. The fraction of sp³-hybridized carbons (Fsp3) is 0.100. The number of hydrogen-bond donors (Lipinski definition) is 0. The van der Waals surface area contributed by atoms with E-state index in [0.717, 1.165) is 0 Å². The standard InChI is InChI=1S/C10H8N2O3/c1-15-10-4-2-8(3-5-10)6-9(7-11)12(13)14/h2-6H,1H3/b9-6-. The molecule has 5 nitrogen and oxygen atoms in total. The van der Waals surface area contributed by atoms with Gasteiger partial charge in [0.2, 0.25) is 0 Å². The molecule has 0 amide bonds. The monoisotopic (exact) mass is 204 g/mol. The SMILES string of the molecule is COc1ccc(/C=C(/C#N)[N+](=O)[O-])cc1. The van der Waals surface area contributed by atoms with E-state index in [1.807, 2.05) is 0 Å². The van der Waals surface area contributed by atoms with Crippen molar-refractivity contribution in [3.63, 3.8) is 0 Å². The minimum absolute atomic E-state index is 0.486. The van der Waals surface area contributed by atoms with Gasteiger partial charge in [-0.3, -0.25) is 10.1 Å². The number of nitro groups is 1. The number of benzene rings is 1. The highest BCUT2D eigenvalue weighted by molar-refractivity contribution is 5.55. The zero-order valence-corrected chi connectivity index (χ0v) is 8.01. The summed E-state index contributed by atoms with van der Waals surface area (Å²) in [4.78, 5) is 9.63. The van der Waals surface area contributed by atoms with Gasteiger partial charge in [-0.2, -0.15) is 5.26 Å². The molecule has 1 aromatic carbocycles. The molecular formula is C10H8N2O3. The molecule has 15 heavy (non-hydrogen) atoms. The van der Waals surface area contributed by atoms with E-state index >= 15 is 0 Å². The van der Waals surface area contributed by atoms with E-state index in [1.54, 1.807) is 24.3 Å². The van der Waals surface area contributed by atoms with Crippen molar-refractivity contribution in [3.8, 4) is 11.8 Å². The Balaban J connectivity index is 2.98. The Morgan fingerprint density at radius 1 is 1.53 bits per heavy atom. The summed E-state index contributed by atoms with van der Waals surface area (Å²) in [6.07, 6.45) is 1.21. The van der Waals surface area contributed by atoms with Gasteiger partial charge in [-0.05, 0) is 17.7 Å². The minimum atomic E-state index is -0.718. The van der Waals surface area contributed by atoms with Crippen molar-refractivity contribution in [2.45, 2.75) is 0 Å². The molecule has 0 N–H and O–H groups in total. The van der Waals surface area contributed by atoms with Gasteiger partial charge in [-0.15, -0.1) is 0 Å². The van der Waals surface area contributed by atoms with Crippen molar-refractivity contribution in [2.24, 2.45) is 0 Å². The van der Waals surface area contributed by atoms with Gasteiger partial charge in [0.05, 0.1) is 12.0 Å². The molecule has 0 bridgehead atoms. The third-order valence-electron chi connectivity index (χ3n) is 1.73. The highest BCUT2D eigenvalue weighted by atomic mass is 16.6. The molecule has 0 saturated heterocycles. The number of ether oxygens (including phenoxy) is 1. The van der Waals surface area contributed by atoms with Crippen LogP contribution in [0.25, 0.3) is 6.08 Å². The summed E-state index contributed by atoms with van der Waals surface area (Å²) >= 11 is 0. The van der Waals surface area contributed by atoms with Crippen LogP contribution in [0, 0.1) is 21.4 Å². The topological polar surface area (TPSA) is 76.2 Å². The predicted molar refractivity (Wildman–Crippen MR) is 53.6 cm³/mol. The molecule has 1 aromatic rings. The fourth-order valence-electron chi connectivity index (χ4n) is 0.984. The summed E-state index contributed by atoms with van der Waals surface area (Å²) in [6, 6.07) is 8.12. The number of methoxy groups -OCH3 is 1. The van der Waals surface area contributed by atoms with Gasteiger partial charge in [0.1, 0.15) is 5.75 Å². The third kappa shape index (κ3) is 2.81. The lowest BCUT2D eigenvalue weighted by Gasteiger charge is -1.98. The van der Waals surface area contributed by atoms with E-state index in [2.05, 4.69) is 0 Å². The highest BCUT2D eigenvalue weighted by Gasteiger charge is 2.08. The summed E-state index contributed by atoms with van der Waals surface area (Å²) < 4.78 is 4.93. The van der Waals surface area contributed by atoms with Crippen LogP contribution in [-0.2, 0) is 0 Å². The predicted octanol–water partition coefficient (Wildman–Crippen LogP) is 1.84. The Kier molecular flexibility index (Phi) is 3.41. The van der Waals surface area contributed by atoms with Crippen molar-refractivity contribution in [2.75, 3.05) is 7.11 Å². The smallest absolute Gasteiger partial charge is 0.346 e. The summed E-state index contributed by atoms with van der Waals surface area (Å²) in [5.41, 5.74) is 0.101. The lowest BCUT2D eigenvalue weighted by Crippen LogP contribution is -1.94. The van der Waals surface area contributed by atoms with Gasteiger partial charge in [-0.1, -0.05) is 12.1 Å². The van der Waals surface area contributed by atoms with E-state index in [4.69, 9.17) is 10.00 Å². The van der Waals surface area contributed by atoms with Gasteiger partial charge in [-0.25, -0.2) is 0 Å². The van der Waals surface area contributed by atoms with E-state index < -0.39 is 10.6 Å². The molecule has 1 rings (SSSR count). The first-order valence-electron chi connectivity index (χ1n) is 4.07. The summed E-state index contributed by atoms with van der Waals surface area (Å²) in [5.74, 6) is 0.659. The second kappa shape index (κ2) is 4.77. The number of rotatable bonds is 3. The van der Waals surface area contributed by atoms with Crippen LogP contribution in [0.3, 0.4) is 0 Å². The van der Waals surface area contributed by atoms with E-state index in [-0.39, 0.29) is 0 Å². The Morgan fingerprint density at radius 3 is 2.53 bits per heavy atom. The van der Waals surface area contributed by atoms with E-state index in [0.29, 0.717) is 11.3 Å². The molecule has 0 fully saturated rings. The third-order valence-corrected chi connectivity index (χ3v) is 1.73. The average molecular weight is 204 g/mol. The van der Waals surface area contributed by atoms with Crippen LogP contribution in [0.2, 0.25) is 0 Å². The molecule has 0 saturated carbocycles. The van der Waals surface area contributed by atoms with Crippen molar-refractivity contribution >= 4 is 6.08 Å². The van der Waals surface area contributed by atoms with Crippen molar-refractivity contribution < 1.29 is 9.66 Å². The van der Waals surface area contributed by atoms with Gasteiger partial charge in [0.15, 0.2) is 6.07 Å². The normalized spacial score (nSPS) is 10.5. The van der Waals surface area contributed by atoms with Gasteiger partial charge in [0, 0.05) is 6.08 Å². The molecule has 0 heterocycles. The lowest BCUT2D eigenvalue weighted by molar-refractivity contribution is -0.415. The van der Waals surface area contributed by atoms with E-state index in [9.17, 15) is 10.1 Å². The molecule has 0 aliphatic rings. The van der Waals surface area contributed by atoms with Crippen LogP contribution >= 0.6 is 0 Å². The minimum Gasteiger partial charge on any atom is -0.497 e. The average Bonchev–Trinajstić information content (AvgIpc) is 2.26. The first kappa shape index (κ1) is 10.7. The number of nitriles is 1. The van der Waals surface area contributed by atoms with Gasteiger partial charge < -0.3 is 4.74 Å². The molecule has 0 atom stereocenters. The highest BCUT2D eigenvalue weighted by Crippen LogP contribution is 2.13. The maximum Gasteiger partial charge on any atom is 0.346 e. The van der Waals surface area contributed by atoms with Crippen molar-refractivity contribution in [1.82, 2.24) is 0 Å².